The molecule has 1 amide bonds. The largest absolute Gasteiger partial charge is 0.507 e. The zero-order chi connectivity index (χ0) is 20.5. The number of benzene rings is 2. The Morgan fingerprint density at radius 2 is 1.76 bits per heavy atom. The van der Waals surface area contributed by atoms with Crippen LogP contribution in [0.4, 0.5) is 0 Å². The maximum atomic E-state index is 12.9. The van der Waals surface area contributed by atoms with Gasteiger partial charge in [0.1, 0.15) is 11.5 Å². The molecule has 0 radical (unpaired) electrons. The molecular weight excluding hydrogens is 458 g/mol. The molecule has 1 atom stereocenters. The Morgan fingerprint density at radius 1 is 1.07 bits per heavy atom. The zero-order valence-electron chi connectivity index (χ0n) is 15.0. The van der Waals surface area contributed by atoms with Crippen LogP contribution in [0.15, 0.2) is 81.4 Å². The van der Waals surface area contributed by atoms with Gasteiger partial charge in [0, 0.05) is 15.1 Å². The van der Waals surface area contributed by atoms with Crippen LogP contribution in [0, 0.1) is 0 Å². The topological polar surface area (TPSA) is 70.8 Å². The Hall–Kier alpha value is -2.83. The maximum absolute atomic E-state index is 12.9. The average molecular weight is 473 g/mol. The number of furan rings is 1. The molecule has 7 heteroatoms. The van der Waals surface area contributed by atoms with Crippen molar-refractivity contribution in [2.75, 3.05) is 0 Å². The Balaban J connectivity index is 1.86. The van der Waals surface area contributed by atoms with Crippen LogP contribution in [0.1, 0.15) is 22.9 Å². The number of Topliss-reactive ketones (excluding diaryl/α,β-unsaturated/α-hetero) is 1. The summed E-state index contributed by atoms with van der Waals surface area (Å²) < 4.78 is 6.23. The van der Waals surface area contributed by atoms with E-state index in [1.54, 1.807) is 36.4 Å². The smallest absolute Gasteiger partial charge is 0.296 e. The second-order valence-corrected chi connectivity index (χ2v) is 7.92. The predicted octanol–water partition coefficient (Wildman–Crippen LogP) is 5.32. The lowest BCUT2D eigenvalue weighted by molar-refractivity contribution is -0.140. The van der Waals surface area contributed by atoms with Gasteiger partial charge in [-0.1, -0.05) is 39.7 Å². The maximum Gasteiger partial charge on any atom is 0.296 e. The number of rotatable bonds is 4. The first-order chi connectivity index (χ1) is 14.0. The van der Waals surface area contributed by atoms with Crippen LogP contribution in [-0.2, 0) is 16.1 Å². The summed E-state index contributed by atoms with van der Waals surface area (Å²) >= 11 is 9.32. The standard InChI is InChI=1S/C22H15BrClNO4/c23-15-7-3-13(4-8-15)19-18(20(26)14-5-9-16(24)10-6-14)21(27)22(28)25(19)12-17-2-1-11-29-17/h1-11,19,26H,12H2/t19-/m1/s1. The van der Waals surface area contributed by atoms with Crippen LogP contribution in [0.3, 0.4) is 0 Å². The Bertz CT molecular complexity index is 1090. The first-order valence-corrected chi connectivity index (χ1v) is 9.95. The van der Waals surface area contributed by atoms with Gasteiger partial charge in [0.25, 0.3) is 11.7 Å². The SMILES string of the molecule is O=C1C(=O)N(Cc2ccco2)[C@H](c2ccc(Br)cc2)C1=C(O)c1ccc(Cl)cc1. The van der Waals surface area contributed by atoms with Crippen molar-refractivity contribution in [3.63, 3.8) is 0 Å². The van der Waals surface area contributed by atoms with E-state index < -0.39 is 17.7 Å². The van der Waals surface area contributed by atoms with Crippen molar-refractivity contribution in [1.29, 1.82) is 0 Å². The summed E-state index contributed by atoms with van der Waals surface area (Å²) in [6.07, 6.45) is 1.51. The fourth-order valence-electron chi connectivity index (χ4n) is 3.37. The Morgan fingerprint density at radius 3 is 2.38 bits per heavy atom. The Labute approximate surface area is 180 Å². The number of amides is 1. The zero-order valence-corrected chi connectivity index (χ0v) is 17.4. The number of hydrogen-bond donors (Lipinski definition) is 1. The first kappa shape index (κ1) is 19.5. The Kier molecular flexibility index (Phi) is 5.30. The normalized spacial score (nSPS) is 18.4. The lowest BCUT2D eigenvalue weighted by Gasteiger charge is -2.24. The molecule has 2 aromatic carbocycles. The van der Waals surface area contributed by atoms with Gasteiger partial charge >= 0.3 is 0 Å². The van der Waals surface area contributed by atoms with Crippen molar-refractivity contribution in [3.8, 4) is 0 Å². The number of carbonyl (C=O) groups is 2. The third-order valence-corrected chi connectivity index (χ3v) is 5.53. The number of nitrogens with zero attached hydrogens (tertiary/aromatic N) is 1. The van der Waals surface area contributed by atoms with E-state index in [2.05, 4.69) is 15.9 Å². The molecular formula is C22H15BrClNO4. The van der Waals surface area contributed by atoms with Crippen molar-refractivity contribution in [1.82, 2.24) is 4.90 Å². The molecule has 5 nitrogen and oxygen atoms in total. The van der Waals surface area contributed by atoms with E-state index in [9.17, 15) is 14.7 Å². The number of hydrogen-bond acceptors (Lipinski definition) is 4. The second kappa shape index (κ2) is 7.89. The molecule has 0 unspecified atom stereocenters. The van der Waals surface area contributed by atoms with E-state index in [-0.39, 0.29) is 17.9 Å². The van der Waals surface area contributed by atoms with Gasteiger partial charge in [-0.3, -0.25) is 9.59 Å². The van der Waals surface area contributed by atoms with Crippen LogP contribution in [0.25, 0.3) is 5.76 Å². The lowest BCUT2D eigenvalue weighted by Crippen LogP contribution is -2.29. The summed E-state index contributed by atoms with van der Waals surface area (Å²) in [5.74, 6) is -1.13. The number of carbonyl (C=O) groups excluding carboxylic acids is 2. The molecule has 1 saturated heterocycles. The second-order valence-electron chi connectivity index (χ2n) is 6.56. The highest BCUT2D eigenvalue weighted by atomic mass is 79.9. The fourth-order valence-corrected chi connectivity index (χ4v) is 3.76. The highest BCUT2D eigenvalue weighted by Crippen LogP contribution is 2.40. The third kappa shape index (κ3) is 3.73. The van der Waals surface area contributed by atoms with Gasteiger partial charge in [-0.2, -0.15) is 0 Å². The van der Waals surface area contributed by atoms with Crippen LogP contribution >= 0.6 is 27.5 Å². The van der Waals surface area contributed by atoms with Crippen LogP contribution in [0.5, 0.6) is 0 Å². The molecule has 0 spiro atoms. The van der Waals surface area contributed by atoms with E-state index in [0.29, 0.717) is 21.9 Å². The highest BCUT2D eigenvalue weighted by Gasteiger charge is 2.46. The lowest BCUT2D eigenvalue weighted by atomic mass is 9.95. The number of ketones is 1. The monoisotopic (exact) mass is 471 g/mol. The molecule has 0 aliphatic carbocycles. The number of aliphatic hydroxyl groups excluding tert-OH is 1. The van der Waals surface area contributed by atoms with Gasteiger partial charge in [-0.15, -0.1) is 0 Å². The molecule has 29 heavy (non-hydrogen) atoms. The summed E-state index contributed by atoms with van der Waals surface area (Å²) in [4.78, 5) is 27.2. The molecule has 1 fully saturated rings. The molecule has 146 valence electrons. The molecule has 0 saturated carbocycles. The molecule has 0 bridgehead atoms. The molecule has 1 aliphatic rings. The van der Waals surface area contributed by atoms with E-state index in [0.717, 1.165) is 4.47 Å². The van der Waals surface area contributed by atoms with Gasteiger partial charge in [0.05, 0.1) is 24.4 Å². The number of likely N-dealkylation sites (tertiary alicyclic amines) is 1. The summed E-state index contributed by atoms with van der Waals surface area (Å²) in [5.41, 5.74) is 1.15. The van der Waals surface area contributed by atoms with Crippen LogP contribution in [0.2, 0.25) is 5.02 Å². The minimum atomic E-state index is -0.746. The number of aliphatic hydroxyl groups is 1. The summed E-state index contributed by atoms with van der Waals surface area (Å²) in [7, 11) is 0. The van der Waals surface area contributed by atoms with Crippen molar-refractivity contribution in [2.45, 2.75) is 12.6 Å². The molecule has 1 aromatic heterocycles. The van der Waals surface area contributed by atoms with Crippen molar-refractivity contribution >= 4 is 45.0 Å². The van der Waals surface area contributed by atoms with E-state index in [4.69, 9.17) is 16.0 Å². The number of halogens is 2. The molecule has 4 rings (SSSR count). The minimum absolute atomic E-state index is 0.0335. The first-order valence-electron chi connectivity index (χ1n) is 8.78. The summed E-state index contributed by atoms with van der Waals surface area (Å²) in [6, 6.07) is 16.4. The average Bonchev–Trinajstić information content (AvgIpc) is 3.31. The van der Waals surface area contributed by atoms with E-state index >= 15 is 0 Å². The molecule has 2 heterocycles. The van der Waals surface area contributed by atoms with Gasteiger partial charge in [0.2, 0.25) is 0 Å². The molecule has 3 aromatic rings. The summed E-state index contributed by atoms with van der Waals surface area (Å²) in [6.45, 7) is 0.107. The third-order valence-electron chi connectivity index (χ3n) is 4.75. The van der Waals surface area contributed by atoms with Crippen molar-refractivity contribution in [3.05, 3.63) is 98.9 Å². The van der Waals surface area contributed by atoms with Crippen LogP contribution < -0.4 is 0 Å². The molecule has 1 aliphatic heterocycles. The predicted molar refractivity (Wildman–Crippen MR) is 112 cm³/mol. The van der Waals surface area contributed by atoms with E-state index in [1.807, 2.05) is 24.3 Å². The van der Waals surface area contributed by atoms with Crippen LogP contribution in [-0.4, -0.2) is 21.7 Å². The van der Waals surface area contributed by atoms with Crippen molar-refractivity contribution < 1.29 is 19.1 Å². The van der Waals surface area contributed by atoms with Crippen molar-refractivity contribution in [2.24, 2.45) is 0 Å². The minimum Gasteiger partial charge on any atom is -0.507 e. The van der Waals surface area contributed by atoms with Gasteiger partial charge in [0.15, 0.2) is 0 Å². The van der Waals surface area contributed by atoms with Gasteiger partial charge < -0.3 is 14.4 Å². The summed E-state index contributed by atoms with van der Waals surface area (Å²) in [5, 5.41) is 11.4. The van der Waals surface area contributed by atoms with E-state index in [1.165, 1.54) is 11.2 Å². The van der Waals surface area contributed by atoms with Gasteiger partial charge in [-0.25, -0.2) is 0 Å². The highest BCUT2D eigenvalue weighted by molar-refractivity contribution is 9.10. The quantitative estimate of drug-likeness (QED) is 0.317. The fraction of sp³-hybridized carbons (Fsp3) is 0.0909. The molecule has 1 N–H and O–H groups in total. The van der Waals surface area contributed by atoms with Gasteiger partial charge in [-0.05, 0) is 54.1 Å².